The minimum atomic E-state index is 0. The van der Waals surface area contributed by atoms with Gasteiger partial charge in [0, 0.05) is 5.54 Å². The van der Waals surface area contributed by atoms with Gasteiger partial charge in [0.05, 0.1) is 0 Å². The lowest BCUT2D eigenvalue weighted by molar-refractivity contribution is 0.292. The predicted molar refractivity (Wildman–Crippen MR) is 51.7 cm³/mol. The van der Waals surface area contributed by atoms with Crippen molar-refractivity contribution in [2.45, 2.75) is 33.2 Å². The summed E-state index contributed by atoms with van der Waals surface area (Å²) >= 11 is 0. The fraction of sp³-hybridized carbons (Fsp3) is 1.00. The van der Waals surface area contributed by atoms with E-state index in [9.17, 15) is 0 Å². The molecule has 9 heavy (non-hydrogen) atoms. The lowest BCUT2D eigenvalue weighted by Crippen LogP contribution is -2.48. The van der Waals surface area contributed by atoms with Crippen LogP contribution in [0.2, 0.25) is 0 Å². The van der Waals surface area contributed by atoms with Crippen LogP contribution in [0.25, 0.3) is 0 Å². The molecule has 0 radical (unpaired) electrons. The Labute approximate surface area is 74.6 Å². The third-order valence-electron chi connectivity index (χ3n) is 1.82. The Hall–Kier alpha value is 0.650. The molecule has 0 bridgehead atoms. The minimum Gasteiger partial charge on any atom is -0.271 e. The highest BCUT2D eigenvalue weighted by Crippen LogP contribution is 2.12. The van der Waals surface area contributed by atoms with Crippen LogP contribution in [0.1, 0.15) is 27.7 Å². The Bertz CT molecular complexity index is 71.5. The molecule has 3 heteroatoms. The number of hydrogen-bond acceptors (Lipinski definition) is 2. The van der Waals surface area contributed by atoms with Crippen LogP contribution in [0.3, 0.4) is 0 Å². The van der Waals surface area contributed by atoms with Gasteiger partial charge < -0.3 is 0 Å². The standard InChI is InChI=1S/C6H16N2.HI/c1-5(2)6(3,4)8-7;/h5,8H,7H2,1-4H3;1H. The number of hydrogen-bond donors (Lipinski definition) is 2. The second-order valence-electron chi connectivity index (χ2n) is 3.02. The second kappa shape index (κ2) is 4.46. The van der Waals surface area contributed by atoms with Gasteiger partial charge in [-0.3, -0.25) is 11.3 Å². The molecule has 58 valence electrons. The van der Waals surface area contributed by atoms with Gasteiger partial charge in [0.15, 0.2) is 0 Å². The molecule has 0 aromatic carbocycles. The molecule has 0 aromatic rings. The molecule has 2 nitrogen and oxygen atoms in total. The largest absolute Gasteiger partial charge is 0.271 e. The van der Waals surface area contributed by atoms with E-state index >= 15 is 0 Å². The molecule has 0 aliphatic rings. The van der Waals surface area contributed by atoms with Crippen molar-refractivity contribution < 1.29 is 0 Å². The van der Waals surface area contributed by atoms with Gasteiger partial charge in [0.2, 0.25) is 0 Å². The van der Waals surface area contributed by atoms with Gasteiger partial charge >= 0.3 is 0 Å². The number of rotatable bonds is 2. The molecule has 0 aliphatic carbocycles. The van der Waals surface area contributed by atoms with Crippen molar-refractivity contribution in [2.75, 3.05) is 0 Å². The van der Waals surface area contributed by atoms with Gasteiger partial charge in [-0.15, -0.1) is 24.0 Å². The molecule has 0 saturated heterocycles. The molecule has 0 spiro atoms. The van der Waals surface area contributed by atoms with E-state index in [0.29, 0.717) is 5.92 Å². The first-order valence-corrected chi connectivity index (χ1v) is 2.98. The van der Waals surface area contributed by atoms with Crippen molar-refractivity contribution in [3.8, 4) is 0 Å². The fourth-order valence-corrected chi connectivity index (χ4v) is 0.167. The van der Waals surface area contributed by atoms with Crippen LogP contribution in [0, 0.1) is 5.92 Å². The topological polar surface area (TPSA) is 38.0 Å². The van der Waals surface area contributed by atoms with Crippen LogP contribution in [-0.4, -0.2) is 5.54 Å². The summed E-state index contributed by atoms with van der Waals surface area (Å²) in [6.07, 6.45) is 0. The lowest BCUT2D eigenvalue weighted by atomic mass is 9.92. The summed E-state index contributed by atoms with van der Waals surface area (Å²) in [4.78, 5) is 0. The Morgan fingerprint density at radius 3 is 1.67 bits per heavy atom. The van der Waals surface area contributed by atoms with Crippen molar-refractivity contribution in [1.82, 2.24) is 5.43 Å². The van der Waals surface area contributed by atoms with Gasteiger partial charge in [0.1, 0.15) is 0 Å². The monoisotopic (exact) mass is 244 g/mol. The summed E-state index contributed by atoms with van der Waals surface area (Å²) in [5, 5.41) is 0. The highest BCUT2D eigenvalue weighted by molar-refractivity contribution is 14.0. The summed E-state index contributed by atoms with van der Waals surface area (Å²) in [7, 11) is 0. The third-order valence-corrected chi connectivity index (χ3v) is 1.82. The van der Waals surface area contributed by atoms with Crippen molar-refractivity contribution in [3.05, 3.63) is 0 Å². The van der Waals surface area contributed by atoms with E-state index in [1.54, 1.807) is 0 Å². The van der Waals surface area contributed by atoms with Gasteiger partial charge in [0.25, 0.3) is 0 Å². The first-order chi connectivity index (χ1) is 3.50. The van der Waals surface area contributed by atoms with E-state index in [1.807, 2.05) is 0 Å². The molecule has 0 atom stereocenters. The third kappa shape index (κ3) is 4.11. The Morgan fingerprint density at radius 1 is 1.33 bits per heavy atom. The molecule has 3 N–H and O–H groups in total. The van der Waals surface area contributed by atoms with E-state index in [4.69, 9.17) is 5.84 Å². The average Bonchev–Trinajstić information content (AvgIpc) is 1.67. The van der Waals surface area contributed by atoms with Gasteiger partial charge in [-0.25, -0.2) is 0 Å². The molecule has 0 fully saturated rings. The first kappa shape index (κ1) is 12.3. The Balaban J connectivity index is 0. The Kier molecular flexibility index (Phi) is 6.12. The highest BCUT2D eigenvalue weighted by atomic mass is 127. The smallest absolute Gasteiger partial charge is 0.0288 e. The van der Waals surface area contributed by atoms with E-state index in [2.05, 4.69) is 33.1 Å². The van der Waals surface area contributed by atoms with Crippen LogP contribution in [0.15, 0.2) is 0 Å². The van der Waals surface area contributed by atoms with Crippen LogP contribution in [0.5, 0.6) is 0 Å². The molecule has 0 amide bonds. The molecule has 0 aromatic heterocycles. The van der Waals surface area contributed by atoms with Crippen molar-refractivity contribution in [2.24, 2.45) is 11.8 Å². The maximum Gasteiger partial charge on any atom is 0.0288 e. The molecular weight excluding hydrogens is 227 g/mol. The van der Waals surface area contributed by atoms with Gasteiger partial charge in [-0.1, -0.05) is 13.8 Å². The van der Waals surface area contributed by atoms with Crippen LogP contribution in [-0.2, 0) is 0 Å². The fourth-order valence-electron chi connectivity index (χ4n) is 0.167. The van der Waals surface area contributed by atoms with E-state index < -0.39 is 0 Å². The zero-order chi connectivity index (χ0) is 6.78. The molecule has 0 saturated carbocycles. The minimum absolute atomic E-state index is 0. The average molecular weight is 244 g/mol. The summed E-state index contributed by atoms with van der Waals surface area (Å²) < 4.78 is 0. The van der Waals surface area contributed by atoms with Crippen molar-refractivity contribution in [3.63, 3.8) is 0 Å². The van der Waals surface area contributed by atoms with E-state index in [0.717, 1.165) is 0 Å². The zero-order valence-corrected chi connectivity index (χ0v) is 8.89. The molecule has 0 rings (SSSR count). The second-order valence-corrected chi connectivity index (χ2v) is 3.02. The summed E-state index contributed by atoms with van der Waals surface area (Å²) in [5.74, 6) is 5.83. The number of nitrogens with two attached hydrogens (primary N) is 1. The summed E-state index contributed by atoms with van der Waals surface area (Å²) in [6, 6.07) is 0. The molecule has 0 unspecified atom stereocenters. The first-order valence-electron chi connectivity index (χ1n) is 2.98. The molecular formula is C6H17IN2. The van der Waals surface area contributed by atoms with Crippen molar-refractivity contribution >= 4 is 24.0 Å². The van der Waals surface area contributed by atoms with E-state index in [-0.39, 0.29) is 29.5 Å². The van der Waals surface area contributed by atoms with Crippen LogP contribution < -0.4 is 11.3 Å². The lowest BCUT2D eigenvalue weighted by Gasteiger charge is -2.27. The summed E-state index contributed by atoms with van der Waals surface area (Å²) in [5.41, 5.74) is 2.81. The Morgan fingerprint density at radius 2 is 1.67 bits per heavy atom. The number of hydrazine groups is 1. The summed E-state index contributed by atoms with van der Waals surface area (Å²) in [6.45, 7) is 8.44. The zero-order valence-electron chi connectivity index (χ0n) is 6.56. The number of nitrogens with one attached hydrogen (secondary N) is 1. The highest BCUT2D eigenvalue weighted by Gasteiger charge is 2.18. The maximum atomic E-state index is 5.26. The molecule has 0 aliphatic heterocycles. The quantitative estimate of drug-likeness (QED) is 0.439. The van der Waals surface area contributed by atoms with Crippen molar-refractivity contribution in [1.29, 1.82) is 0 Å². The van der Waals surface area contributed by atoms with Crippen LogP contribution in [0.4, 0.5) is 0 Å². The van der Waals surface area contributed by atoms with Gasteiger partial charge in [-0.2, -0.15) is 0 Å². The van der Waals surface area contributed by atoms with Crippen LogP contribution >= 0.6 is 24.0 Å². The maximum absolute atomic E-state index is 5.26. The normalized spacial score (nSPS) is 11.3. The van der Waals surface area contributed by atoms with E-state index in [1.165, 1.54) is 0 Å². The van der Waals surface area contributed by atoms with Gasteiger partial charge in [-0.05, 0) is 19.8 Å². The predicted octanol–water partition coefficient (Wildman–Crippen LogP) is 1.50. The SMILES string of the molecule is CC(C)C(C)(C)NN.I. The number of halogens is 1. The molecule has 0 heterocycles.